The zero-order valence-corrected chi connectivity index (χ0v) is 15.3. The molecule has 3 aromatic heterocycles. The summed E-state index contributed by atoms with van der Waals surface area (Å²) in [5.41, 5.74) is 1.52. The molecule has 0 fully saturated rings. The molecular weight excluding hydrogens is 397 g/mol. The van der Waals surface area contributed by atoms with E-state index in [1.165, 1.54) is 11.8 Å². The highest BCUT2D eigenvalue weighted by Gasteiger charge is 2.13. The smallest absolute Gasteiger partial charge is 0.277 e. The molecule has 0 atom stereocenters. The van der Waals surface area contributed by atoms with Crippen molar-refractivity contribution in [3.05, 3.63) is 58.7 Å². The number of hydrogen-bond acceptors (Lipinski definition) is 8. The second-order valence-corrected chi connectivity index (χ2v) is 6.78. The number of aromatic nitrogens is 5. The molecule has 7 nitrogen and oxygen atoms in total. The van der Waals surface area contributed by atoms with Gasteiger partial charge in [0.05, 0.1) is 15.8 Å². The van der Waals surface area contributed by atoms with E-state index in [2.05, 4.69) is 25.3 Å². The van der Waals surface area contributed by atoms with Crippen LogP contribution in [0.5, 0.6) is 0 Å². The first-order valence-electron chi connectivity index (χ1n) is 7.34. The van der Waals surface area contributed by atoms with Crippen LogP contribution in [0, 0.1) is 0 Å². The molecule has 0 aliphatic carbocycles. The predicted molar refractivity (Wildman–Crippen MR) is 96.8 cm³/mol. The van der Waals surface area contributed by atoms with Crippen LogP contribution in [0.15, 0.2) is 56.9 Å². The van der Waals surface area contributed by atoms with Gasteiger partial charge in [-0.25, -0.2) is 0 Å². The van der Waals surface area contributed by atoms with Gasteiger partial charge in [0, 0.05) is 23.5 Å². The zero-order valence-electron chi connectivity index (χ0n) is 13.0. The number of hydrogen-bond donors (Lipinski definition) is 0. The van der Waals surface area contributed by atoms with Gasteiger partial charge in [-0.05, 0) is 30.3 Å². The van der Waals surface area contributed by atoms with Crippen molar-refractivity contribution in [1.29, 1.82) is 0 Å². The molecule has 26 heavy (non-hydrogen) atoms. The molecule has 10 heteroatoms. The Kier molecular flexibility index (Phi) is 4.87. The van der Waals surface area contributed by atoms with Crippen molar-refractivity contribution in [3.8, 4) is 22.8 Å². The molecule has 0 unspecified atom stereocenters. The van der Waals surface area contributed by atoms with E-state index < -0.39 is 0 Å². The van der Waals surface area contributed by atoms with Gasteiger partial charge in [-0.1, -0.05) is 40.1 Å². The van der Waals surface area contributed by atoms with Gasteiger partial charge in [-0.15, -0.1) is 10.2 Å². The number of nitrogens with zero attached hydrogens (tertiary/aromatic N) is 5. The van der Waals surface area contributed by atoms with E-state index in [0.29, 0.717) is 38.6 Å². The van der Waals surface area contributed by atoms with E-state index >= 15 is 0 Å². The summed E-state index contributed by atoms with van der Waals surface area (Å²) in [5.74, 6) is 1.69. The van der Waals surface area contributed by atoms with Crippen molar-refractivity contribution in [3.63, 3.8) is 0 Å². The maximum absolute atomic E-state index is 6.01. The molecule has 0 saturated heterocycles. The molecular formula is C16H9Cl2N5O2S. The Balaban J connectivity index is 1.44. The number of benzene rings is 1. The normalized spacial score (nSPS) is 11.0. The van der Waals surface area contributed by atoms with Gasteiger partial charge in [0.1, 0.15) is 0 Å². The van der Waals surface area contributed by atoms with Gasteiger partial charge in [-0.2, -0.15) is 4.98 Å². The second-order valence-electron chi connectivity index (χ2n) is 5.04. The van der Waals surface area contributed by atoms with Crippen molar-refractivity contribution >= 4 is 35.0 Å². The van der Waals surface area contributed by atoms with E-state index in [0.717, 1.165) is 11.1 Å². The molecule has 0 N–H and O–H groups in total. The minimum absolute atomic E-state index is 0.395. The SMILES string of the molecule is Clc1ccc(-c2noc(CSc3nnc(-c4ccncc4)o3)n2)cc1Cl. The Morgan fingerprint density at radius 1 is 0.962 bits per heavy atom. The van der Waals surface area contributed by atoms with Crippen LogP contribution in [0.1, 0.15) is 5.89 Å². The standard InChI is InChI=1S/C16H9Cl2N5O2S/c17-11-2-1-10(7-12(11)18)14-20-13(25-23-14)8-26-16-22-21-15(24-16)9-3-5-19-6-4-9/h1-7H,8H2. The van der Waals surface area contributed by atoms with Gasteiger partial charge in [0.25, 0.3) is 5.22 Å². The van der Waals surface area contributed by atoms with Crippen LogP contribution in [-0.2, 0) is 5.75 Å². The third-order valence-electron chi connectivity index (χ3n) is 3.30. The maximum atomic E-state index is 6.01. The summed E-state index contributed by atoms with van der Waals surface area (Å²) in [4.78, 5) is 8.29. The summed E-state index contributed by atoms with van der Waals surface area (Å²) >= 11 is 13.2. The lowest BCUT2D eigenvalue weighted by molar-refractivity contribution is 0.391. The molecule has 0 spiro atoms. The maximum Gasteiger partial charge on any atom is 0.277 e. The average molecular weight is 406 g/mol. The lowest BCUT2D eigenvalue weighted by atomic mass is 10.2. The molecule has 0 aliphatic rings. The van der Waals surface area contributed by atoms with Crippen LogP contribution in [-0.4, -0.2) is 25.3 Å². The van der Waals surface area contributed by atoms with Crippen LogP contribution < -0.4 is 0 Å². The second kappa shape index (κ2) is 7.45. The number of pyridine rings is 1. The first-order valence-corrected chi connectivity index (χ1v) is 9.08. The van der Waals surface area contributed by atoms with Gasteiger partial charge in [0.15, 0.2) is 0 Å². The minimum Gasteiger partial charge on any atom is -0.411 e. The summed E-state index contributed by atoms with van der Waals surface area (Å²) in [6, 6.07) is 8.73. The molecule has 4 aromatic rings. The third kappa shape index (κ3) is 3.72. The Bertz CT molecular complexity index is 1040. The Morgan fingerprint density at radius 3 is 2.62 bits per heavy atom. The fourth-order valence-corrected chi connectivity index (χ4v) is 2.97. The molecule has 1 aromatic carbocycles. The van der Waals surface area contributed by atoms with Crippen LogP contribution in [0.2, 0.25) is 10.0 Å². The third-order valence-corrected chi connectivity index (χ3v) is 4.84. The fourth-order valence-electron chi connectivity index (χ4n) is 2.07. The van der Waals surface area contributed by atoms with E-state index in [1.807, 2.05) is 0 Å². The molecule has 0 radical (unpaired) electrons. The topological polar surface area (TPSA) is 90.7 Å². The molecule has 0 saturated carbocycles. The summed E-state index contributed by atoms with van der Waals surface area (Å²) < 4.78 is 10.8. The highest BCUT2D eigenvalue weighted by atomic mass is 35.5. The van der Waals surface area contributed by atoms with Gasteiger partial charge < -0.3 is 8.94 Å². The predicted octanol–water partition coefficient (Wildman–Crippen LogP) is 4.78. The van der Waals surface area contributed by atoms with Crippen molar-refractivity contribution in [2.24, 2.45) is 0 Å². The molecule has 0 amide bonds. The molecule has 0 aliphatic heterocycles. The largest absolute Gasteiger partial charge is 0.411 e. The van der Waals surface area contributed by atoms with Gasteiger partial charge in [0.2, 0.25) is 17.6 Å². The first-order chi connectivity index (χ1) is 12.7. The highest BCUT2D eigenvalue weighted by Crippen LogP contribution is 2.28. The monoisotopic (exact) mass is 405 g/mol. The molecule has 130 valence electrons. The van der Waals surface area contributed by atoms with Crippen molar-refractivity contribution in [2.75, 3.05) is 0 Å². The Hall–Kier alpha value is -2.42. The van der Waals surface area contributed by atoms with Crippen molar-refractivity contribution < 1.29 is 8.94 Å². The van der Waals surface area contributed by atoms with E-state index in [4.69, 9.17) is 32.1 Å². The molecule has 0 bridgehead atoms. The summed E-state index contributed by atoms with van der Waals surface area (Å²) in [5, 5.41) is 13.3. The van der Waals surface area contributed by atoms with E-state index in [-0.39, 0.29) is 0 Å². The lowest BCUT2D eigenvalue weighted by Gasteiger charge is -1.97. The van der Waals surface area contributed by atoms with Gasteiger partial charge >= 0.3 is 0 Å². The van der Waals surface area contributed by atoms with Crippen LogP contribution in [0.3, 0.4) is 0 Å². The minimum atomic E-state index is 0.395. The van der Waals surface area contributed by atoms with Crippen LogP contribution in [0.25, 0.3) is 22.8 Å². The lowest BCUT2D eigenvalue weighted by Crippen LogP contribution is -1.83. The van der Waals surface area contributed by atoms with Crippen LogP contribution >= 0.6 is 35.0 Å². The number of halogens is 2. The average Bonchev–Trinajstić information content (AvgIpc) is 3.32. The quantitative estimate of drug-likeness (QED) is 0.438. The highest BCUT2D eigenvalue weighted by molar-refractivity contribution is 7.98. The summed E-state index contributed by atoms with van der Waals surface area (Å²) in [6.45, 7) is 0. The Morgan fingerprint density at radius 2 is 1.81 bits per heavy atom. The van der Waals surface area contributed by atoms with Crippen molar-refractivity contribution in [1.82, 2.24) is 25.3 Å². The first kappa shape index (κ1) is 17.0. The van der Waals surface area contributed by atoms with Gasteiger partial charge in [-0.3, -0.25) is 4.98 Å². The summed E-state index contributed by atoms with van der Waals surface area (Å²) in [7, 11) is 0. The Labute approximate surface area is 161 Å². The molecule has 3 heterocycles. The fraction of sp³-hybridized carbons (Fsp3) is 0.0625. The number of thioether (sulfide) groups is 1. The number of rotatable bonds is 5. The van der Waals surface area contributed by atoms with Crippen LogP contribution in [0.4, 0.5) is 0 Å². The molecule has 4 rings (SSSR count). The zero-order chi connectivity index (χ0) is 17.9. The van der Waals surface area contributed by atoms with Crippen molar-refractivity contribution in [2.45, 2.75) is 11.0 Å². The summed E-state index contributed by atoms with van der Waals surface area (Å²) in [6.07, 6.45) is 3.32. The van der Waals surface area contributed by atoms with E-state index in [9.17, 15) is 0 Å². The van der Waals surface area contributed by atoms with E-state index in [1.54, 1.807) is 42.7 Å².